The van der Waals surface area contributed by atoms with Crippen LogP contribution in [0.25, 0.3) is 0 Å². The van der Waals surface area contributed by atoms with Crippen LogP contribution in [-0.4, -0.2) is 17.0 Å². The molecule has 0 aliphatic rings. The average molecular weight is 172 g/mol. The zero-order chi connectivity index (χ0) is 8.43. The van der Waals surface area contributed by atoms with Crippen LogP contribution in [0.5, 0.6) is 0 Å². The summed E-state index contributed by atoms with van der Waals surface area (Å²) in [5.41, 5.74) is 1.77. The molecule has 0 radical (unpaired) electrons. The molecule has 1 rings (SSSR count). The van der Waals surface area contributed by atoms with E-state index in [9.17, 15) is 0 Å². The molecular formula is C7H10ClN3. The van der Waals surface area contributed by atoms with Crippen LogP contribution in [0.3, 0.4) is 0 Å². The summed E-state index contributed by atoms with van der Waals surface area (Å²) >= 11 is 5.77. The van der Waals surface area contributed by atoms with Gasteiger partial charge in [0.25, 0.3) is 0 Å². The predicted octanol–water partition coefficient (Wildman–Crippen LogP) is 1.79. The number of rotatable bonds is 1. The minimum atomic E-state index is 0.426. The van der Waals surface area contributed by atoms with E-state index in [1.165, 1.54) is 0 Å². The zero-order valence-electron chi connectivity index (χ0n) is 6.77. The maximum atomic E-state index is 5.77. The van der Waals surface area contributed by atoms with Crippen LogP contribution >= 0.6 is 11.6 Å². The Morgan fingerprint density at radius 3 is 2.27 bits per heavy atom. The predicted molar refractivity (Wildman–Crippen MR) is 46.1 cm³/mol. The lowest BCUT2D eigenvalue weighted by Gasteiger charge is -2.04. The molecule has 11 heavy (non-hydrogen) atoms. The van der Waals surface area contributed by atoms with E-state index in [1.54, 1.807) is 7.05 Å². The number of aromatic nitrogens is 2. The van der Waals surface area contributed by atoms with Gasteiger partial charge in [-0.25, -0.2) is 9.97 Å². The lowest BCUT2D eigenvalue weighted by Crippen LogP contribution is -1.99. The second kappa shape index (κ2) is 3.05. The van der Waals surface area contributed by atoms with E-state index >= 15 is 0 Å². The smallest absolute Gasteiger partial charge is 0.171 e. The monoisotopic (exact) mass is 171 g/mol. The highest BCUT2D eigenvalue weighted by atomic mass is 35.5. The topological polar surface area (TPSA) is 37.8 Å². The lowest BCUT2D eigenvalue weighted by atomic mass is 10.3. The van der Waals surface area contributed by atoms with Crippen molar-refractivity contribution in [3.63, 3.8) is 0 Å². The van der Waals surface area contributed by atoms with E-state index in [4.69, 9.17) is 11.6 Å². The molecular weight excluding hydrogens is 162 g/mol. The van der Waals surface area contributed by atoms with Crippen LogP contribution in [0, 0.1) is 13.8 Å². The molecule has 0 aromatic carbocycles. The molecule has 1 heterocycles. The van der Waals surface area contributed by atoms with Crippen molar-refractivity contribution in [1.29, 1.82) is 0 Å². The summed E-state index contributed by atoms with van der Waals surface area (Å²) in [4.78, 5) is 8.27. The second-order valence-electron chi connectivity index (χ2n) is 2.28. The van der Waals surface area contributed by atoms with Crippen molar-refractivity contribution in [2.75, 3.05) is 12.4 Å². The first kappa shape index (κ1) is 8.27. The summed E-state index contributed by atoms with van der Waals surface area (Å²) < 4.78 is 0. The summed E-state index contributed by atoms with van der Waals surface area (Å²) in [6, 6.07) is 0. The molecule has 1 aromatic heterocycles. The van der Waals surface area contributed by atoms with Gasteiger partial charge >= 0.3 is 0 Å². The summed E-state index contributed by atoms with van der Waals surface area (Å²) in [6.07, 6.45) is 0. The quantitative estimate of drug-likeness (QED) is 0.700. The third kappa shape index (κ3) is 1.60. The molecule has 1 aromatic rings. The third-order valence-corrected chi connectivity index (χ3v) is 1.76. The standard InChI is InChI=1S/C7H10ClN3/c1-4-5(2)11-7(9-3)6(8)10-4/h1-3H3,(H,9,11). The largest absolute Gasteiger partial charge is 0.371 e. The van der Waals surface area contributed by atoms with Crippen LogP contribution in [0.15, 0.2) is 0 Å². The van der Waals surface area contributed by atoms with Crippen molar-refractivity contribution in [2.45, 2.75) is 13.8 Å². The normalized spacial score (nSPS) is 9.82. The van der Waals surface area contributed by atoms with Crippen molar-refractivity contribution < 1.29 is 0 Å². The number of nitrogens with one attached hydrogen (secondary N) is 1. The first-order valence-electron chi connectivity index (χ1n) is 3.33. The number of nitrogens with zero attached hydrogens (tertiary/aromatic N) is 2. The number of halogens is 1. The van der Waals surface area contributed by atoms with E-state index in [0.29, 0.717) is 11.0 Å². The zero-order valence-corrected chi connectivity index (χ0v) is 7.53. The van der Waals surface area contributed by atoms with Crippen molar-refractivity contribution in [1.82, 2.24) is 9.97 Å². The number of anilines is 1. The van der Waals surface area contributed by atoms with Gasteiger partial charge in [0.15, 0.2) is 11.0 Å². The molecule has 0 atom stereocenters. The lowest BCUT2D eigenvalue weighted by molar-refractivity contribution is 1.05. The average Bonchev–Trinajstić information content (AvgIpc) is 1.97. The maximum Gasteiger partial charge on any atom is 0.171 e. The fourth-order valence-corrected chi connectivity index (χ4v) is 0.998. The van der Waals surface area contributed by atoms with E-state index < -0.39 is 0 Å². The fraction of sp³-hybridized carbons (Fsp3) is 0.429. The van der Waals surface area contributed by atoms with Gasteiger partial charge in [-0.3, -0.25) is 0 Å². The maximum absolute atomic E-state index is 5.77. The highest BCUT2D eigenvalue weighted by molar-refractivity contribution is 6.31. The molecule has 0 unspecified atom stereocenters. The first-order valence-corrected chi connectivity index (χ1v) is 3.71. The molecule has 0 fully saturated rings. The molecule has 0 bridgehead atoms. The molecule has 0 aliphatic carbocycles. The van der Waals surface area contributed by atoms with E-state index in [1.807, 2.05) is 13.8 Å². The minimum Gasteiger partial charge on any atom is -0.371 e. The highest BCUT2D eigenvalue weighted by Crippen LogP contribution is 2.16. The fourth-order valence-electron chi connectivity index (χ4n) is 0.735. The van der Waals surface area contributed by atoms with Crippen molar-refractivity contribution in [2.24, 2.45) is 0 Å². The Morgan fingerprint density at radius 2 is 1.73 bits per heavy atom. The summed E-state index contributed by atoms with van der Waals surface area (Å²) in [7, 11) is 1.77. The van der Waals surface area contributed by atoms with Gasteiger partial charge in [-0.15, -0.1) is 0 Å². The number of hydrogen-bond donors (Lipinski definition) is 1. The Morgan fingerprint density at radius 1 is 1.18 bits per heavy atom. The van der Waals surface area contributed by atoms with Gasteiger partial charge in [-0.1, -0.05) is 11.6 Å². The molecule has 0 amide bonds. The Balaban J connectivity index is 3.21. The van der Waals surface area contributed by atoms with Gasteiger partial charge in [0.05, 0.1) is 11.4 Å². The molecule has 0 spiro atoms. The van der Waals surface area contributed by atoms with Crippen LogP contribution < -0.4 is 5.32 Å². The van der Waals surface area contributed by atoms with Gasteiger partial charge in [-0.05, 0) is 13.8 Å². The Labute approximate surface area is 70.8 Å². The summed E-state index contributed by atoms with van der Waals surface area (Å²) in [5, 5.41) is 3.28. The van der Waals surface area contributed by atoms with Crippen molar-refractivity contribution in [3.05, 3.63) is 16.5 Å². The molecule has 1 N–H and O–H groups in total. The Kier molecular flexibility index (Phi) is 2.29. The van der Waals surface area contributed by atoms with Crippen LogP contribution in [0.2, 0.25) is 5.15 Å². The van der Waals surface area contributed by atoms with Gasteiger partial charge in [0.1, 0.15) is 0 Å². The van der Waals surface area contributed by atoms with Gasteiger partial charge in [-0.2, -0.15) is 0 Å². The first-order chi connectivity index (χ1) is 5.15. The second-order valence-corrected chi connectivity index (χ2v) is 2.64. The van der Waals surface area contributed by atoms with Crippen molar-refractivity contribution in [3.8, 4) is 0 Å². The van der Waals surface area contributed by atoms with Gasteiger partial charge in [0.2, 0.25) is 0 Å². The highest BCUT2D eigenvalue weighted by Gasteiger charge is 2.03. The summed E-state index contributed by atoms with van der Waals surface area (Å²) in [5.74, 6) is 0.634. The van der Waals surface area contributed by atoms with Crippen LogP contribution in [0.4, 0.5) is 5.82 Å². The Hall–Kier alpha value is -0.830. The summed E-state index contributed by atoms with van der Waals surface area (Å²) in [6.45, 7) is 3.78. The van der Waals surface area contributed by atoms with Crippen LogP contribution in [-0.2, 0) is 0 Å². The van der Waals surface area contributed by atoms with E-state index in [0.717, 1.165) is 11.4 Å². The molecule has 0 aliphatic heterocycles. The molecule has 0 saturated heterocycles. The third-order valence-electron chi connectivity index (χ3n) is 1.50. The molecule has 0 saturated carbocycles. The van der Waals surface area contributed by atoms with Gasteiger partial charge < -0.3 is 5.32 Å². The SMILES string of the molecule is CNc1nc(C)c(C)nc1Cl. The van der Waals surface area contributed by atoms with Crippen LogP contribution in [0.1, 0.15) is 11.4 Å². The Bertz CT molecular complexity index is 273. The molecule has 60 valence electrons. The van der Waals surface area contributed by atoms with E-state index in [2.05, 4.69) is 15.3 Å². The van der Waals surface area contributed by atoms with E-state index in [-0.39, 0.29) is 0 Å². The molecule has 3 nitrogen and oxygen atoms in total. The van der Waals surface area contributed by atoms with Crippen molar-refractivity contribution >= 4 is 17.4 Å². The van der Waals surface area contributed by atoms with Gasteiger partial charge in [0, 0.05) is 7.05 Å². The molecule has 4 heteroatoms. The minimum absolute atomic E-state index is 0.426. The number of aryl methyl sites for hydroxylation is 2. The number of hydrogen-bond acceptors (Lipinski definition) is 3.